The summed E-state index contributed by atoms with van der Waals surface area (Å²) in [6, 6.07) is 11.0. The van der Waals surface area contributed by atoms with Gasteiger partial charge in [0.2, 0.25) is 0 Å². The Morgan fingerprint density at radius 3 is 2.58 bits per heavy atom. The number of nitrogens with two attached hydrogens (primary N) is 1. The van der Waals surface area contributed by atoms with Gasteiger partial charge in [-0.25, -0.2) is 9.18 Å². The Kier molecular flexibility index (Phi) is 6.06. The highest BCUT2D eigenvalue weighted by Gasteiger charge is 2.06. The van der Waals surface area contributed by atoms with Crippen LogP contribution in [0.5, 0.6) is 0 Å². The maximum absolute atomic E-state index is 13.7. The van der Waals surface area contributed by atoms with Gasteiger partial charge in [-0.05, 0) is 48.0 Å². The van der Waals surface area contributed by atoms with Crippen molar-refractivity contribution in [1.29, 1.82) is 0 Å². The van der Waals surface area contributed by atoms with Gasteiger partial charge in [-0.2, -0.15) is 0 Å². The second-order valence-corrected chi connectivity index (χ2v) is 5.38. The lowest BCUT2D eigenvalue weighted by atomic mass is 10.0. The first-order valence-electron chi connectivity index (χ1n) is 7.59. The fourth-order valence-electron chi connectivity index (χ4n) is 2.16. The highest BCUT2D eigenvalue weighted by Crippen LogP contribution is 2.16. The normalized spacial score (nSPS) is 11.0. The van der Waals surface area contributed by atoms with Crippen LogP contribution >= 0.6 is 0 Å². The predicted molar refractivity (Wildman–Crippen MR) is 99.8 cm³/mol. The molecular weight excluding hydrogens is 335 g/mol. The highest BCUT2D eigenvalue weighted by molar-refractivity contribution is 6.07. The minimum absolute atomic E-state index is 0.0271. The number of rotatable bonds is 7. The fourth-order valence-corrected chi connectivity index (χ4v) is 2.16. The van der Waals surface area contributed by atoms with Crippen LogP contribution in [-0.4, -0.2) is 16.9 Å². The van der Waals surface area contributed by atoms with Crippen molar-refractivity contribution in [2.24, 2.45) is 5.73 Å². The maximum atomic E-state index is 13.7. The van der Waals surface area contributed by atoms with Gasteiger partial charge in [0.15, 0.2) is 5.78 Å². The third-order valence-corrected chi connectivity index (χ3v) is 3.30. The Hall–Kier alpha value is -3.67. The molecular formula is C20H17FN2O3. The van der Waals surface area contributed by atoms with E-state index in [1.807, 2.05) is 0 Å². The summed E-state index contributed by atoms with van der Waals surface area (Å²) < 4.78 is 13.7. The van der Waals surface area contributed by atoms with Crippen LogP contribution in [0.2, 0.25) is 0 Å². The molecule has 6 heteroatoms. The van der Waals surface area contributed by atoms with E-state index in [1.54, 1.807) is 30.3 Å². The minimum atomic E-state index is -1.20. The van der Waals surface area contributed by atoms with Gasteiger partial charge in [0.05, 0.1) is 5.82 Å². The van der Waals surface area contributed by atoms with Crippen LogP contribution in [-0.2, 0) is 4.79 Å². The maximum Gasteiger partial charge on any atom is 0.328 e. The average Bonchev–Trinajstić information content (AvgIpc) is 2.58. The van der Waals surface area contributed by atoms with Gasteiger partial charge < -0.3 is 16.2 Å². The number of nitrogens with one attached hydrogen (secondary N) is 1. The van der Waals surface area contributed by atoms with Crippen LogP contribution < -0.4 is 11.1 Å². The summed E-state index contributed by atoms with van der Waals surface area (Å²) in [4.78, 5) is 22.8. The monoisotopic (exact) mass is 352 g/mol. The Morgan fingerprint density at radius 1 is 1.12 bits per heavy atom. The van der Waals surface area contributed by atoms with E-state index in [1.165, 1.54) is 18.2 Å². The van der Waals surface area contributed by atoms with Crippen LogP contribution in [0.15, 0.2) is 67.0 Å². The number of carbonyl (C=O) groups excluding carboxylic acids is 1. The molecule has 0 aliphatic rings. The number of ketones is 1. The Bertz CT molecular complexity index is 917. The lowest BCUT2D eigenvalue weighted by molar-refractivity contribution is -0.131. The van der Waals surface area contributed by atoms with E-state index < -0.39 is 11.8 Å². The number of benzene rings is 2. The number of anilines is 1. The first kappa shape index (κ1) is 18.7. The van der Waals surface area contributed by atoms with Crippen molar-refractivity contribution in [3.05, 3.63) is 89.5 Å². The molecule has 0 fully saturated rings. The molecule has 26 heavy (non-hydrogen) atoms. The van der Waals surface area contributed by atoms with E-state index in [4.69, 9.17) is 10.8 Å². The number of allylic oxidation sites excluding steroid dienone is 1. The van der Waals surface area contributed by atoms with Crippen LogP contribution in [0.4, 0.5) is 10.1 Å². The zero-order valence-electron chi connectivity index (χ0n) is 13.8. The molecule has 0 saturated carbocycles. The van der Waals surface area contributed by atoms with Gasteiger partial charge in [0, 0.05) is 22.9 Å². The lowest BCUT2D eigenvalue weighted by Crippen LogP contribution is -2.06. The number of carboxylic acid groups (broad SMARTS) is 1. The lowest BCUT2D eigenvalue weighted by Gasteiger charge is -2.05. The SMILES string of the molecule is C=C(N)Nc1cccc(/C=C/C(=O)c2ccc(F)c(/C=C/C(=O)O)c2)c1. The zero-order chi connectivity index (χ0) is 19.1. The van der Waals surface area contributed by atoms with E-state index in [-0.39, 0.29) is 16.9 Å². The molecule has 0 amide bonds. The molecule has 132 valence electrons. The molecule has 0 aromatic heterocycles. The number of carboxylic acids is 1. The molecule has 0 saturated heterocycles. The summed E-state index contributed by atoms with van der Waals surface area (Å²) in [5, 5.41) is 11.5. The summed E-state index contributed by atoms with van der Waals surface area (Å²) in [5.74, 6) is -1.84. The summed E-state index contributed by atoms with van der Waals surface area (Å²) in [5.41, 5.74) is 7.26. The number of hydrogen-bond acceptors (Lipinski definition) is 4. The molecule has 0 aliphatic carbocycles. The van der Waals surface area contributed by atoms with Crippen molar-refractivity contribution in [3.63, 3.8) is 0 Å². The molecule has 2 rings (SSSR count). The number of carbonyl (C=O) groups is 2. The van der Waals surface area contributed by atoms with Crippen LogP contribution in [0, 0.1) is 5.82 Å². The molecule has 2 aromatic rings. The van der Waals surface area contributed by atoms with E-state index >= 15 is 0 Å². The van der Waals surface area contributed by atoms with Gasteiger partial charge in [0.25, 0.3) is 0 Å². The highest BCUT2D eigenvalue weighted by atomic mass is 19.1. The number of hydrogen-bond donors (Lipinski definition) is 3. The molecule has 0 bridgehead atoms. The molecule has 4 N–H and O–H groups in total. The van der Waals surface area contributed by atoms with E-state index in [0.717, 1.165) is 29.5 Å². The van der Waals surface area contributed by atoms with E-state index in [2.05, 4.69) is 11.9 Å². The molecule has 5 nitrogen and oxygen atoms in total. The van der Waals surface area contributed by atoms with Crippen molar-refractivity contribution in [2.45, 2.75) is 0 Å². The van der Waals surface area contributed by atoms with Gasteiger partial charge in [0.1, 0.15) is 5.82 Å². The number of aliphatic carboxylic acids is 1. The average molecular weight is 352 g/mol. The van der Waals surface area contributed by atoms with Crippen molar-refractivity contribution < 1.29 is 19.1 Å². The third-order valence-electron chi connectivity index (χ3n) is 3.30. The van der Waals surface area contributed by atoms with Gasteiger partial charge >= 0.3 is 5.97 Å². The molecule has 0 aliphatic heterocycles. The summed E-state index contributed by atoms with van der Waals surface area (Å²) in [7, 11) is 0. The predicted octanol–water partition coefficient (Wildman–Crippen LogP) is 3.66. The Balaban J connectivity index is 2.19. The minimum Gasteiger partial charge on any atom is -0.478 e. The first-order chi connectivity index (χ1) is 12.3. The second kappa shape index (κ2) is 8.43. The van der Waals surface area contributed by atoms with E-state index in [9.17, 15) is 14.0 Å². The second-order valence-electron chi connectivity index (χ2n) is 5.38. The third kappa shape index (κ3) is 5.45. The zero-order valence-corrected chi connectivity index (χ0v) is 13.8. The summed E-state index contributed by atoms with van der Waals surface area (Å²) >= 11 is 0. The molecule has 2 aromatic carbocycles. The quantitative estimate of drug-likeness (QED) is 0.522. The molecule has 0 unspecified atom stereocenters. The Morgan fingerprint density at radius 2 is 1.88 bits per heavy atom. The first-order valence-corrected chi connectivity index (χ1v) is 7.59. The summed E-state index contributed by atoms with van der Waals surface area (Å²) in [6.45, 7) is 3.56. The van der Waals surface area contributed by atoms with Crippen molar-refractivity contribution in [3.8, 4) is 0 Å². The Labute approximate surface area is 150 Å². The van der Waals surface area contributed by atoms with Crippen molar-refractivity contribution in [1.82, 2.24) is 0 Å². The van der Waals surface area contributed by atoms with Crippen LogP contribution in [0.3, 0.4) is 0 Å². The largest absolute Gasteiger partial charge is 0.478 e. The summed E-state index contributed by atoms with van der Waals surface area (Å²) in [6.07, 6.45) is 4.89. The number of halogens is 1. The molecule has 0 spiro atoms. The molecule has 0 radical (unpaired) electrons. The molecule has 0 heterocycles. The topological polar surface area (TPSA) is 92.4 Å². The van der Waals surface area contributed by atoms with Crippen molar-refractivity contribution >= 4 is 29.6 Å². The van der Waals surface area contributed by atoms with Gasteiger partial charge in [-0.15, -0.1) is 0 Å². The van der Waals surface area contributed by atoms with E-state index in [0.29, 0.717) is 5.82 Å². The smallest absolute Gasteiger partial charge is 0.328 e. The van der Waals surface area contributed by atoms with Gasteiger partial charge in [-0.3, -0.25) is 4.79 Å². The van der Waals surface area contributed by atoms with Crippen LogP contribution in [0.1, 0.15) is 21.5 Å². The van der Waals surface area contributed by atoms with Crippen molar-refractivity contribution in [2.75, 3.05) is 5.32 Å². The van der Waals surface area contributed by atoms with Gasteiger partial charge in [-0.1, -0.05) is 24.8 Å². The fraction of sp³-hybridized carbons (Fsp3) is 0. The van der Waals surface area contributed by atoms with Crippen LogP contribution in [0.25, 0.3) is 12.2 Å². The molecule has 0 atom stereocenters. The standard InChI is InChI=1S/C20H17FN2O3/c1-13(22)23-17-4-2-3-14(11-17)5-9-19(24)16-6-8-18(21)15(12-16)7-10-20(25)26/h2-12,23H,1,22H2,(H,25,26)/b9-5+,10-7+.